The standard InChI is InChI=1S/C30H27N3O4/c34-29-24-10-4-5-11-25(24)30(35)33(29)37-28(20-8-2-1-3-9-20)21-14-16-23(17-15-21)36-19-22-18-31-26-12-6-7-13-27(26)32-22/h4-7,10-18,20,28H,1-3,8-9,19H2. The zero-order valence-corrected chi connectivity index (χ0v) is 20.4. The van der Waals surface area contributed by atoms with Crippen molar-refractivity contribution in [3.05, 3.63) is 101 Å². The van der Waals surface area contributed by atoms with Gasteiger partial charge in [0.25, 0.3) is 11.8 Å². The van der Waals surface area contributed by atoms with Crippen molar-refractivity contribution in [2.45, 2.75) is 44.8 Å². The molecule has 3 aromatic carbocycles. The number of amides is 2. The smallest absolute Gasteiger partial charge is 0.285 e. The molecule has 1 aliphatic carbocycles. The lowest BCUT2D eigenvalue weighted by atomic mass is 9.82. The lowest BCUT2D eigenvalue weighted by Gasteiger charge is -2.32. The molecule has 1 aromatic heterocycles. The van der Waals surface area contributed by atoms with E-state index in [1.807, 2.05) is 48.5 Å². The molecule has 1 atom stereocenters. The summed E-state index contributed by atoms with van der Waals surface area (Å²) in [6.07, 6.45) is 6.73. The molecule has 0 N–H and O–H groups in total. The Bertz CT molecular complexity index is 1410. The number of hydrogen-bond acceptors (Lipinski definition) is 6. The summed E-state index contributed by atoms with van der Waals surface area (Å²) in [5.74, 6) is 0.107. The SMILES string of the molecule is O=C1c2ccccc2C(=O)N1OC(c1ccc(OCc2cnc3ccccc3n2)cc1)C1CCCCC1. The molecule has 1 saturated carbocycles. The van der Waals surface area contributed by atoms with Gasteiger partial charge in [0, 0.05) is 0 Å². The average Bonchev–Trinajstić information content (AvgIpc) is 3.20. The van der Waals surface area contributed by atoms with Crippen LogP contribution in [-0.2, 0) is 11.4 Å². The first-order chi connectivity index (χ1) is 18.2. The Hall–Kier alpha value is -4.10. The number of hydrogen-bond donors (Lipinski definition) is 0. The van der Waals surface area contributed by atoms with Crippen LogP contribution in [0.25, 0.3) is 11.0 Å². The lowest BCUT2D eigenvalue weighted by molar-refractivity contribution is -0.156. The second kappa shape index (κ2) is 10.1. The van der Waals surface area contributed by atoms with Crippen LogP contribution in [0.1, 0.15) is 70.2 Å². The Kier molecular flexibility index (Phi) is 6.37. The number of imide groups is 1. The summed E-state index contributed by atoms with van der Waals surface area (Å²) in [5, 5.41) is 0.951. The van der Waals surface area contributed by atoms with Crippen molar-refractivity contribution in [1.29, 1.82) is 0 Å². The predicted molar refractivity (Wildman–Crippen MR) is 138 cm³/mol. The van der Waals surface area contributed by atoms with Crippen molar-refractivity contribution in [2.75, 3.05) is 0 Å². The summed E-state index contributed by atoms with van der Waals surface area (Å²) >= 11 is 0. The number of nitrogens with zero attached hydrogens (tertiary/aromatic N) is 3. The molecule has 4 aromatic rings. The van der Waals surface area contributed by atoms with Gasteiger partial charge in [-0.3, -0.25) is 19.4 Å². The van der Waals surface area contributed by atoms with E-state index in [0.717, 1.165) is 53.0 Å². The maximum atomic E-state index is 13.0. The molecule has 186 valence electrons. The normalized spacial score (nSPS) is 16.7. The Morgan fingerprint density at radius 2 is 1.46 bits per heavy atom. The van der Waals surface area contributed by atoms with Crippen molar-refractivity contribution in [2.24, 2.45) is 5.92 Å². The molecule has 1 unspecified atom stereocenters. The highest BCUT2D eigenvalue weighted by atomic mass is 16.7. The summed E-state index contributed by atoms with van der Waals surface area (Å²) in [7, 11) is 0. The lowest BCUT2D eigenvalue weighted by Crippen LogP contribution is -2.34. The summed E-state index contributed by atoms with van der Waals surface area (Å²) in [4.78, 5) is 41.2. The zero-order chi connectivity index (χ0) is 25.2. The number of aromatic nitrogens is 2. The molecule has 1 aliphatic heterocycles. The van der Waals surface area contributed by atoms with Crippen molar-refractivity contribution < 1.29 is 19.2 Å². The highest BCUT2D eigenvalue weighted by Crippen LogP contribution is 2.39. The molecule has 0 bridgehead atoms. The molecular formula is C30H27N3O4. The number of ether oxygens (including phenoxy) is 1. The van der Waals surface area contributed by atoms with E-state index in [1.54, 1.807) is 30.5 Å². The van der Waals surface area contributed by atoms with E-state index in [-0.39, 0.29) is 5.92 Å². The number of hydroxylamine groups is 2. The minimum absolute atomic E-state index is 0.220. The van der Waals surface area contributed by atoms with Gasteiger partial charge in [-0.25, -0.2) is 4.98 Å². The van der Waals surface area contributed by atoms with Crippen LogP contribution in [0.3, 0.4) is 0 Å². The van der Waals surface area contributed by atoms with E-state index < -0.39 is 17.9 Å². The minimum Gasteiger partial charge on any atom is -0.487 e. The highest BCUT2D eigenvalue weighted by Gasteiger charge is 2.40. The third-order valence-electron chi connectivity index (χ3n) is 7.15. The van der Waals surface area contributed by atoms with Gasteiger partial charge < -0.3 is 4.74 Å². The van der Waals surface area contributed by atoms with Crippen LogP contribution < -0.4 is 4.74 Å². The maximum Gasteiger partial charge on any atom is 0.285 e. The third kappa shape index (κ3) is 4.70. The van der Waals surface area contributed by atoms with Gasteiger partial charge in [0.2, 0.25) is 0 Å². The van der Waals surface area contributed by atoms with Crippen molar-refractivity contribution in [3.8, 4) is 5.75 Å². The predicted octanol–water partition coefficient (Wildman–Crippen LogP) is 6.06. The van der Waals surface area contributed by atoms with E-state index in [2.05, 4.69) is 9.97 Å². The Morgan fingerprint density at radius 3 is 2.16 bits per heavy atom. The molecule has 2 aliphatic rings. The largest absolute Gasteiger partial charge is 0.487 e. The molecule has 0 saturated heterocycles. The van der Waals surface area contributed by atoms with Crippen molar-refractivity contribution in [3.63, 3.8) is 0 Å². The summed E-state index contributed by atoms with van der Waals surface area (Å²) in [5.41, 5.74) is 4.12. The molecule has 7 nitrogen and oxygen atoms in total. The molecule has 6 rings (SSSR count). The average molecular weight is 494 g/mol. The fourth-order valence-electron chi connectivity index (χ4n) is 5.21. The van der Waals surface area contributed by atoms with Crippen molar-refractivity contribution in [1.82, 2.24) is 15.0 Å². The number of fused-ring (bicyclic) bond motifs is 2. The fraction of sp³-hybridized carbons (Fsp3) is 0.267. The number of benzene rings is 3. The maximum absolute atomic E-state index is 13.0. The van der Waals surface area contributed by atoms with Gasteiger partial charge in [0.05, 0.1) is 34.1 Å². The van der Waals surface area contributed by atoms with Gasteiger partial charge in [0.15, 0.2) is 0 Å². The van der Waals surface area contributed by atoms with Crippen LogP contribution >= 0.6 is 0 Å². The summed E-state index contributed by atoms with van der Waals surface area (Å²) < 4.78 is 5.97. The third-order valence-corrected chi connectivity index (χ3v) is 7.15. The molecule has 1 fully saturated rings. The summed E-state index contributed by atoms with van der Waals surface area (Å²) in [6.45, 7) is 0.300. The van der Waals surface area contributed by atoms with Crippen LogP contribution in [0.4, 0.5) is 0 Å². The minimum atomic E-state index is -0.405. The van der Waals surface area contributed by atoms with E-state index >= 15 is 0 Å². The van der Waals surface area contributed by atoms with E-state index in [9.17, 15) is 9.59 Å². The first-order valence-electron chi connectivity index (χ1n) is 12.8. The highest BCUT2D eigenvalue weighted by molar-refractivity contribution is 6.20. The van der Waals surface area contributed by atoms with Crippen LogP contribution in [0.5, 0.6) is 5.75 Å². The van der Waals surface area contributed by atoms with Gasteiger partial charge in [0.1, 0.15) is 18.5 Å². The Labute approximate surface area is 215 Å². The van der Waals surface area contributed by atoms with E-state index in [1.165, 1.54) is 6.42 Å². The number of rotatable bonds is 7. The number of carbonyl (C=O) groups is 2. The topological polar surface area (TPSA) is 81.6 Å². The van der Waals surface area contributed by atoms with Crippen LogP contribution in [0.2, 0.25) is 0 Å². The molecule has 0 radical (unpaired) electrons. The van der Waals surface area contributed by atoms with Crippen LogP contribution in [0, 0.1) is 5.92 Å². The fourth-order valence-corrected chi connectivity index (χ4v) is 5.21. The first-order valence-corrected chi connectivity index (χ1v) is 12.8. The van der Waals surface area contributed by atoms with Gasteiger partial charge in [-0.15, -0.1) is 5.06 Å². The Balaban J connectivity index is 1.19. The van der Waals surface area contributed by atoms with E-state index in [0.29, 0.717) is 23.5 Å². The van der Waals surface area contributed by atoms with Crippen LogP contribution in [-0.4, -0.2) is 26.8 Å². The monoisotopic (exact) mass is 493 g/mol. The van der Waals surface area contributed by atoms with Gasteiger partial charge in [-0.05, 0) is 60.7 Å². The molecule has 37 heavy (non-hydrogen) atoms. The zero-order valence-electron chi connectivity index (χ0n) is 20.4. The molecule has 0 spiro atoms. The quantitative estimate of drug-likeness (QED) is 0.291. The number of para-hydroxylation sites is 2. The second-order valence-electron chi connectivity index (χ2n) is 9.58. The molecule has 7 heteroatoms. The van der Waals surface area contributed by atoms with Crippen LogP contribution in [0.15, 0.2) is 79.0 Å². The first kappa shape index (κ1) is 23.3. The van der Waals surface area contributed by atoms with E-state index in [4.69, 9.17) is 9.57 Å². The van der Waals surface area contributed by atoms with Gasteiger partial charge in [-0.1, -0.05) is 55.7 Å². The van der Waals surface area contributed by atoms with Crippen molar-refractivity contribution >= 4 is 22.8 Å². The van der Waals surface area contributed by atoms with Gasteiger partial charge in [-0.2, -0.15) is 0 Å². The Morgan fingerprint density at radius 1 is 0.811 bits per heavy atom. The molecule has 2 heterocycles. The molecule has 2 amide bonds. The van der Waals surface area contributed by atoms with Gasteiger partial charge >= 0.3 is 0 Å². The molecular weight excluding hydrogens is 466 g/mol. The second-order valence-corrected chi connectivity index (χ2v) is 9.58. The summed E-state index contributed by atoms with van der Waals surface area (Å²) in [6, 6.07) is 22.3. The number of carbonyl (C=O) groups excluding carboxylic acids is 2.